The summed E-state index contributed by atoms with van der Waals surface area (Å²) in [6.45, 7) is 0.110. The predicted octanol–water partition coefficient (Wildman–Crippen LogP) is 2.91. The lowest BCUT2D eigenvalue weighted by atomic mass is 10.1. The van der Waals surface area contributed by atoms with Crippen LogP contribution in [0.4, 0.5) is 0 Å². The molecule has 0 atom stereocenters. The Kier molecular flexibility index (Phi) is 2.43. The Morgan fingerprint density at radius 3 is 2.77 bits per heavy atom. The maximum atomic E-state index is 8.96. The first-order valence-corrected chi connectivity index (χ1v) is 5.02. The van der Waals surface area contributed by atoms with Crippen LogP contribution >= 0.6 is 11.3 Å². The van der Waals surface area contributed by atoms with Gasteiger partial charge in [0.15, 0.2) is 0 Å². The molecule has 0 aliphatic rings. The Morgan fingerprint density at radius 2 is 2.08 bits per heavy atom. The molecule has 0 aliphatic carbocycles. The van der Waals surface area contributed by atoms with Gasteiger partial charge in [0.2, 0.25) is 0 Å². The van der Waals surface area contributed by atoms with Crippen molar-refractivity contribution in [3.8, 4) is 10.4 Å². The average Bonchev–Trinajstić information content (AvgIpc) is 2.71. The number of hydrogen-bond acceptors (Lipinski definition) is 2. The second-order valence-corrected chi connectivity index (χ2v) is 3.78. The van der Waals surface area contributed by atoms with Crippen molar-refractivity contribution in [2.75, 3.05) is 0 Å². The fraction of sp³-hybridized carbons (Fsp3) is 0.0909. The van der Waals surface area contributed by atoms with E-state index >= 15 is 0 Å². The Morgan fingerprint density at radius 1 is 1.15 bits per heavy atom. The van der Waals surface area contributed by atoms with Gasteiger partial charge in [-0.25, -0.2) is 0 Å². The van der Waals surface area contributed by atoms with Crippen LogP contribution < -0.4 is 0 Å². The number of hydrogen-bond donors (Lipinski definition) is 1. The van der Waals surface area contributed by atoms with Crippen LogP contribution in [-0.2, 0) is 6.61 Å². The first-order valence-electron chi connectivity index (χ1n) is 4.14. The van der Waals surface area contributed by atoms with Crippen LogP contribution in [0.1, 0.15) is 5.56 Å². The van der Waals surface area contributed by atoms with Crippen molar-refractivity contribution in [2.45, 2.75) is 6.61 Å². The highest BCUT2D eigenvalue weighted by Crippen LogP contribution is 2.24. The first-order chi connectivity index (χ1) is 6.40. The second-order valence-electron chi connectivity index (χ2n) is 2.84. The maximum absolute atomic E-state index is 8.96. The van der Waals surface area contributed by atoms with Crippen molar-refractivity contribution in [3.05, 3.63) is 47.3 Å². The van der Waals surface area contributed by atoms with E-state index in [4.69, 9.17) is 5.11 Å². The molecule has 1 N–H and O–H groups in total. The molecular formula is C11H10OS. The smallest absolute Gasteiger partial charge is 0.0682 e. The lowest BCUT2D eigenvalue weighted by molar-refractivity contribution is 0.282. The molecule has 0 radical (unpaired) electrons. The number of aliphatic hydroxyl groups is 1. The fourth-order valence-corrected chi connectivity index (χ4v) is 1.99. The number of benzene rings is 1. The Bertz CT molecular complexity index is 379. The van der Waals surface area contributed by atoms with Gasteiger partial charge in [0, 0.05) is 4.88 Å². The van der Waals surface area contributed by atoms with Gasteiger partial charge in [0.05, 0.1) is 6.61 Å². The number of thiophene rings is 1. The van der Waals surface area contributed by atoms with E-state index in [0.29, 0.717) is 0 Å². The summed E-state index contributed by atoms with van der Waals surface area (Å²) in [5, 5.41) is 11.0. The van der Waals surface area contributed by atoms with Gasteiger partial charge in [-0.15, -0.1) is 11.3 Å². The molecule has 0 unspecified atom stereocenters. The largest absolute Gasteiger partial charge is 0.392 e. The van der Waals surface area contributed by atoms with Gasteiger partial charge in [0.25, 0.3) is 0 Å². The van der Waals surface area contributed by atoms with Crippen molar-refractivity contribution in [1.82, 2.24) is 0 Å². The molecule has 0 aliphatic heterocycles. The molecule has 2 aromatic rings. The molecule has 1 aromatic heterocycles. The molecule has 1 heterocycles. The average molecular weight is 190 g/mol. The van der Waals surface area contributed by atoms with E-state index in [9.17, 15) is 0 Å². The summed E-state index contributed by atoms with van der Waals surface area (Å²) in [6.07, 6.45) is 0. The zero-order valence-corrected chi connectivity index (χ0v) is 7.92. The minimum Gasteiger partial charge on any atom is -0.392 e. The summed E-state index contributed by atoms with van der Waals surface area (Å²) < 4.78 is 0. The monoisotopic (exact) mass is 190 g/mol. The zero-order chi connectivity index (χ0) is 9.10. The van der Waals surface area contributed by atoms with Crippen molar-refractivity contribution >= 4 is 11.3 Å². The zero-order valence-electron chi connectivity index (χ0n) is 7.10. The summed E-state index contributed by atoms with van der Waals surface area (Å²) in [4.78, 5) is 1.25. The third-order valence-corrected chi connectivity index (χ3v) is 2.83. The van der Waals surface area contributed by atoms with Gasteiger partial charge < -0.3 is 5.11 Å². The summed E-state index contributed by atoms with van der Waals surface area (Å²) in [5.41, 5.74) is 2.15. The minimum atomic E-state index is 0.110. The topological polar surface area (TPSA) is 20.2 Å². The van der Waals surface area contributed by atoms with Gasteiger partial charge >= 0.3 is 0 Å². The fourth-order valence-electron chi connectivity index (χ4n) is 1.27. The van der Waals surface area contributed by atoms with Crippen LogP contribution in [-0.4, -0.2) is 5.11 Å². The van der Waals surface area contributed by atoms with Crippen molar-refractivity contribution in [2.24, 2.45) is 0 Å². The molecule has 0 saturated carbocycles. The van der Waals surface area contributed by atoms with E-state index in [1.165, 1.54) is 10.4 Å². The van der Waals surface area contributed by atoms with Gasteiger partial charge in [0.1, 0.15) is 0 Å². The normalized spacial score (nSPS) is 10.2. The van der Waals surface area contributed by atoms with Crippen LogP contribution in [0.5, 0.6) is 0 Å². The third kappa shape index (κ3) is 1.79. The molecule has 0 fully saturated rings. The lowest BCUT2D eigenvalue weighted by Gasteiger charge is -1.99. The van der Waals surface area contributed by atoms with Crippen LogP contribution in [0.3, 0.4) is 0 Å². The quantitative estimate of drug-likeness (QED) is 0.772. The van der Waals surface area contributed by atoms with Gasteiger partial charge in [-0.3, -0.25) is 0 Å². The molecule has 0 bridgehead atoms. The summed E-state index contributed by atoms with van der Waals surface area (Å²) in [5.74, 6) is 0. The molecule has 66 valence electrons. The van der Waals surface area contributed by atoms with Crippen LogP contribution in [0.25, 0.3) is 10.4 Å². The first kappa shape index (κ1) is 8.48. The van der Waals surface area contributed by atoms with Gasteiger partial charge in [-0.05, 0) is 28.6 Å². The Balaban J connectivity index is 2.41. The van der Waals surface area contributed by atoms with Crippen molar-refractivity contribution < 1.29 is 5.11 Å². The number of rotatable bonds is 2. The third-order valence-electron chi connectivity index (χ3n) is 1.92. The van der Waals surface area contributed by atoms with Gasteiger partial charge in [-0.2, -0.15) is 0 Å². The summed E-state index contributed by atoms with van der Waals surface area (Å²) >= 11 is 1.71. The molecule has 0 spiro atoms. The van der Waals surface area contributed by atoms with Crippen LogP contribution in [0.2, 0.25) is 0 Å². The molecule has 0 amide bonds. The van der Waals surface area contributed by atoms with Gasteiger partial charge in [-0.1, -0.05) is 24.3 Å². The second kappa shape index (κ2) is 3.73. The Hall–Kier alpha value is -1.12. The maximum Gasteiger partial charge on any atom is 0.0682 e. The molecule has 2 heteroatoms. The van der Waals surface area contributed by atoms with Crippen LogP contribution in [0.15, 0.2) is 41.8 Å². The molecule has 1 nitrogen and oxygen atoms in total. The molecule has 1 aromatic carbocycles. The standard InChI is InChI=1S/C11H10OS/c12-8-9-3-1-4-10(7-9)11-5-2-6-13-11/h1-7,12H,8H2. The predicted molar refractivity (Wildman–Crippen MR) is 55.7 cm³/mol. The summed E-state index contributed by atoms with van der Waals surface area (Å²) in [7, 11) is 0. The highest BCUT2D eigenvalue weighted by atomic mass is 32.1. The van der Waals surface area contributed by atoms with Crippen molar-refractivity contribution in [3.63, 3.8) is 0 Å². The van der Waals surface area contributed by atoms with E-state index in [1.807, 2.05) is 24.3 Å². The van der Waals surface area contributed by atoms with Crippen LogP contribution in [0, 0.1) is 0 Å². The van der Waals surface area contributed by atoms with E-state index in [2.05, 4.69) is 17.5 Å². The lowest BCUT2D eigenvalue weighted by Crippen LogP contribution is -1.82. The molecular weight excluding hydrogens is 180 g/mol. The highest BCUT2D eigenvalue weighted by molar-refractivity contribution is 7.13. The SMILES string of the molecule is OCc1cccc(-c2cccs2)c1. The minimum absolute atomic E-state index is 0.110. The van der Waals surface area contributed by atoms with E-state index in [1.54, 1.807) is 11.3 Å². The van der Waals surface area contributed by atoms with Crippen molar-refractivity contribution in [1.29, 1.82) is 0 Å². The molecule has 2 rings (SSSR count). The molecule has 0 saturated heterocycles. The number of aliphatic hydroxyl groups excluding tert-OH is 1. The van der Waals surface area contributed by atoms with E-state index < -0.39 is 0 Å². The van der Waals surface area contributed by atoms with E-state index in [-0.39, 0.29) is 6.61 Å². The highest BCUT2D eigenvalue weighted by Gasteiger charge is 1.98. The molecule has 13 heavy (non-hydrogen) atoms. The summed E-state index contributed by atoms with van der Waals surface area (Å²) in [6, 6.07) is 12.1. The Labute approximate surface area is 81.3 Å². The van der Waals surface area contributed by atoms with E-state index in [0.717, 1.165) is 5.56 Å².